The van der Waals surface area contributed by atoms with Crippen molar-refractivity contribution in [3.63, 3.8) is 0 Å². The van der Waals surface area contributed by atoms with Crippen LogP contribution in [0.2, 0.25) is 0 Å². The summed E-state index contributed by atoms with van der Waals surface area (Å²) in [6.45, 7) is 2.56. The van der Waals surface area contributed by atoms with E-state index in [1.807, 2.05) is 6.92 Å². The number of benzene rings is 1. The summed E-state index contributed by atoms with van der Waals surface area (Å²) >= 11 is 0. The van der Waals surface area contributed by atoms with E-state index in [1.54, 1.807) is 12.1 Å². The van der Waals surface area contributed by atoms with E-state index in [1.165, 1.54) is 18.2 Å². The maximum atomic E-state index is 12.8. The van der Waals surface area contributed by atoms with Gasteiger partial charge in [-0.25, -0.2) is 4.39 Å². The van der Waals surface area contributed by atoms with Gasteiger partial charge in [0.25, 0.3) is 5.91 Å². The maximum Gasteiger partial charge on any atom is 0.273 e. The van der Waals surface area contributed by atoms with Crippen LogP contribution in [0.3, 0.4) is 0 Å². The van der Waals surface area contributed by atoms with Gasteiger partial charge in [0.2, 0.25) is 0 Å². The van der Waals surface area contributed by atoms with Gasteiger partial charge in [-0.05, 0) is 30.7 Å². The molecule has 1 aromatic carbocycles. The van der Waals surface area contributed by atoms with Crippen molar-refractivity contribution in [3.05, 3.63) is 41.8 Å². The Labute approximate surface area is 104 Å². The van der Waals surface area contributed by atoms with Crippen molar-refractivity contribution in [3.8, 4) is 11.3 Å². The molecule has 1 N–H and O–H groups in total. The van der Waals surface area contributed by atoms with Crippen molar-refractivity contribution in [1.82, 2.24) is 10.5 Å². The molecule has 18 heavy (non-hydrogen) atoms. The van der Waals surface area contributed by atoms with Gasteiger partial charge in [0, 0.05) is 18.2 Å². The van der Waals surface area contributed by atoms with Crippen LogP contribution in [0.25, 0.3) is 11.3 Å². The zero-order valence-electron chi connectivity index (χ0n) is 9.94. The summed E-state index contributed by atoms with van der Waals surface area (Å²) in [5.74, 6) is -0.148. The summed E-state index contributed by atoms with van der Waals surface area (Å²) in [6, 6.07) is 7.34. The van der Waals surface area contributed by atoms with Crippen LogP contribution in [0.4, 0.5) is 4.39 Å². The molecular formula is C13H13FN2O2. The second-order valence-corrected chi connectivity index (χ2v) is 3.84. The summed E-state index contributed by atoms with van der Waals surface area (Å²) in [7, 11) is 0. The number of nitrogens with zero attached hydrogens (tertiary/aromatic N) is 1. The minimum absolute atomic E-state index is 0.225. The number of amides is 1. The van der Waals surface area contributed by atoms with Crippen LogP contribution in [0.5, 0.6) is 0 Å². The van der Waals surface area contributed by atoms with Gasteiger partial charge in [0.05, 0.1) is 0 Å². The molecule has 0 atom stereocenters. The molecule has 0 aliphatic heterocycles. The van der Waals surface area contributed by atoms with E-state index in [-0.39, 0.29) is 17.4 Å². The Morgan fingerprint density at radius 1 is 1.39 bits per heavy atom. The molecule has 0 unspecified atom stereocenters. The number of nitrogens with one attached hydrogen (secondary N) is 1. The summed E-state index contributed by atoms with van der Waals surface area (Å²) in [4.78, 5) is 11.6. The Morgan fingerprint density at radius 3 is 2.78 bits per heavy atom. The van der Waals surface area contributed by atoms with Crippen molar-refractivity contribution in [2.45, 2.75) is 13.3 Å². The Kier molecular flexibility index (Phi) is 3.72. The summed E-state index contributed by atoms with van der Waals surface area (Å²) in [5.41, 5.74) is 0.904. The predicted octanol–water partition coefficient (Wildman–Crippen LogP) is 2.62. The molecule has 5 heteroatoms. The van der Waals surface area contributed by atoms with Crippen LogP contribution >= 0.6 is 0 Å². The van der Waals surface area contributed by atoms with Crippen LogP contribution < -0.4 is 5.32 Å². The number of hydrogen-bond donors (Lipinski definition) is 1. The molecule has 0 fully saturated rings. The molecule has 0 aliphatic carbocycles. The molecule has 0 bridgehead atoms. The lowest BCUT2D eigenvalue weighted by molar-refractivity contribution is 0.0944. The quantitative estimate of drug-likeness (QED) is 0.904. The van der Waals surface area contributed by atoms with Gasteiger partial charge >= 0.3 is 0 Å². The van der Waals surface area contributed by atoms with Gasteiger partial charge in [0.15, 0.2) is 11.5 Å². The molecule has 1 aromatic heterocycles. The van der Waals surface area contributed by atoms with E-state index in [0.29, 0.717) is 17.9 Å². The predicted molar refractivity (Wildman–Crippen MR) is 64.5 cm³/mol. The van der Waals surface area contributed by atoms with Crippen LogP contribution in [0.1, 0.15) is 23.8 Å². The third-order valence-corrected chi connectivity index (χ3v) is 2.41. The lowest BCUT2D eigenvalue weighted by Crippen LogP contribution is -2.24. The van der Waals surface area contributed by atoms with Gasteiger partial charge in [-0.1, -0.05) is 12.1 Å². The van der Waals surface area contributed by atoms with E-state index >= 15 is 0 Å². The second-order valence-electron chi connectivity index (χ2n) is 3.84. The van der Waals surface area contributed by atoms with E-state index in [0.717, 1.165) is 6.42 Å². The number of halogens is 1. The van der Waals surface area contributed by atoms with E-state index in [4.69, 9.17) is 4.52 Å². The smallest absolute Gasteiger partial charge is 0.273 e. The van der Waals surface area contributed by atoms with Crippen molar-refractivity contribution in [2.24, 2.45) is 0 Å². The fraction of sp³-hybridized carbons (Fsp3) is 0.231. The first-order valence-corrected chi connectivity index (χ1v) is 5.71. The molecular weight excluding hydrogens is 235 g/mol. The molecule has 2 aromatic rings. The fourth-order valence-corrected chi connectivity index (χ4v) is 1.46. The van der Waals surface area contributed by atoms with E-state index in [9.17, 15) is 9.18 Å². The first kappa shape index (κ1) is 12.3. The lowest BCUT2D eigenvalue weighted by Gasteiger charge is -1.97. The van der Waals surface area contributed by atoms with Crippen LogP contribution in [0, 0.1) is 5.82 Å². The topological polar surface area (TPSA) is 55.1 Å². The standard InChI is InChI=1S/C13H13FN2O2/c1-2-7-15-13(17)11-8-12(18-16-11)9-3-5-10(14)6-4-9/h3-6,8H,2,7H2,1H3,(H,15,17). The Morgan fingerprint density at radius 2 is 2.11 bits per heavy atom. The van der Waals surface area contributed by atoms with E-state index < -0.39 is 0 Å². The number of hydrogen-bond acceptors (Lipinski definition) is 3. The van der Waals surface area contributed by atoms with Gasteiger partial charge in [-0.3, -0.25) is 4.79 Å². The molecule has 0 saturated heterocycles. The zero-order chi connectivity index (χ0) is 13.0. The average Bonchev–Trinajstić information content (AvgIpc) is 2.86. The zero-order valence-corrected chi connectivity index (χ0v) is 9.94. The molecule has 0 radical (unpaired) electrons. The fourth-order valence-electron chi connectivity index (χ4n) is 1.46. The number of carbonyl (C=O) groups excluding carboxylic acids is 1. The Hall–Kier alpha value is -2.17. The van der Waals surface area contributed by atoms with Crippen molar-refractivity contribution < 1.29 is 13.7 Å². The highest BCUT2D eigenvalue weighted by atomic mass is 19.1. The van der Waals surface area contributed by atoms with Crippen molar-refractivity contribution in [2.75, 3.05) is 6.54 Å². The van der Waals surface area contributed by atoms with Crippen molar-refractivity contribution in [1.29, 1.82) is 0 Å². The lowest BCUT2D eigenvalue weighted by atomic mass is 10.1. The van der Waals surface area contributed by atoms with E-state index in [2.05, 4.69) is 10.5 Å². The molecule has 1 heterocycles. The second kappa shape index (κ2) is 5.44. The first-order valence-electron chi connectivity index (χ1n) is 5.71. The van der Waals surface area contributed by atoms with Crippen LogP contribution in [-0.2, 0) is 0 Å². The molecule has 0 saturated carbocycles. The van der Waals surface area contributed by atoms with Gasteiger partial charge in [0.1, 0.15) is 5.82 Å². The highest BCUT2D eigenvalue weighted by molar-refractivity contribution is 5.93. The number of rotatable bonds is 4. The summed E-state index contributed by atoms with van der Waals surface area (Å²) in [6.07, 6.45) is 0.856. The third-order valence-electron chi connectivity index (χ3n) is 2.41. The first-order chi connectivity index (χ1) is 8.70. The molecule has 2 rings (SSSR count). The Bertz CT molecular complexity index is 534. The normalized spacial score (nSPS) is 10.3. The minimum atomic E-state index is -0.320. The van der Waals surface area contributed by atoms with Crippen molar-refractivity contribution >= 4 is 5.91 Å². The number of carbonyl (C=O) groups is 1. The largest absolute Gasteiger partial charge is 0.355 e. The SMILES string of the molecule is CCCNC(=O)c1cc(-c2ccc(F)cc2)on1. The molecule has 94 valence electrons. The highest BCUT2D eigenvalue weighted by Gasteiger charge is 2.12. The van der Waals surface area contributed by atoms with Crippen LogP contribution in [0.15, 0.2) is 34.9 Å². The van der Waals surface area contributed by atoms with Gasteiger partial charge < -0.3 is 9.84 Å². The molecule has 4 nitrogen and oxygen atoms in total. The monoisotopic (exact) mass is 248 g/mol. The van der Waals surface area contributed by atoms with Crippen LogP contribution in [-0.4, -0.2) is 17.6 Å². The summed E-state index contributed by atoms with van der Waals surface area (Å²) in [5, 5.41) is 6.39. The minimum Gasteiger partial charge on any atom is -0.355 e. The number of aromatic nitrogens is 1. The Balaban J connectivity index is 2.15. The van der Waals surface area contributed by atoms with Gasteiger partial charge in [-0.15, -0.1) is 0 Å². The molecule has 0 aliphatic rings. The average molecular weight is 248 g/mol. The highest BCUT2D eigenvalue weighted by Crippen LogP contribution is 2.20. The molecule has 1 amide bonds. The summed E-state index contributed by atoms with van der Waals surface area (Å²) < 4.78 is 17.8. The maximum absolute atomic E-state index is 12.8. The third kappa shape index (κ3) is 2.74. The van der Waals surface area contributed by atoms with Gasteiger partial charge in [-0.2, -0.15) is 0 Å². The molecule has 0 spiro atoms.